The number of anilines is 2. The monoisotopic (exact) mass is 966 g/mol. The fourth-order valence-corrected chi connectivity index (χ4v) is 7.35. The molecule has 0 fully saturated rings. The van der Waals surface area contributed by atoms with Crippen molar-refractivity contribution in [2.24, 2.45) is 0 Å². The number of benzene rings is 4. The molecule has 4 aromatic carbocycles. The standard InChI is InChI=1S/C20H20N6O.C19H20N6O3.2ClH.2H2O.Sn/c1-25(2)9-3-8-21-14-4-5-15-19-18(14)20(27)17-12-10-23-24-13(12)6-7-16(17)26(19)11-22-15;1-24(2)9-3-8-20-13-6-7-15(25(27)28)18-17(13)19(26)16-11-10-21-23-12(11)4-5-14(16)22-18;;;;;/h4-7,10-11,21H,3,8-9H2,1-2H3,(H,23,24);4-7,10,20H,3,8-9H2,1-2H3,(H,21,23)(H,22,26);2*1H;2*1H2;/q;;;;;;+2/p-2. The van der Waals surface area contributed by atoms with Crippen LogP contribution in [0.2, 0.25) is 0 Å². The van der Waals surface area contributed by atoms with Crippen LogP contribution in [0.3, 0.4) is 0 Å². The predicted octanol–water partition coefficient (Wildman–Crippen LogP) is 4.86. The number of halogens is 2. The van der Waals surface area contributed by atoms with Crippen molar-refractivity contribution in [1.29, 1.82) is 0 Å². The molecule has 9 N–H and O–H groups in total. The number of rotatable bonds is 11. The summed E-state index contributed by atoms with van der Waals surface area (Å²) in [5.41, 5.74) is 6.00. The van der Waals surface area contributed by atoms with Crippen molar-refractivity contribution in [3.63, 3.8) is 0 Å². The Hall–Kier alpha value is -5.35. The number of pyridine rings is 2. The van der Waals surface area contributed by atoms with Gasteiger partial charge in [-0.25, -0.2) is 4.98 Å². The number of imidazole rings is 1. The average Bonchev–Trinajstić information content (AvgIpc) is 3.98. The van der Waals surface area contributed by atoms with Gasteiger partial charge in [-0.15, -0.1) is 0 Å². The Labute approximate surface area is 359 Å². The van der Waals surface area contributed by atoms with E-state index in [1.165, 1.54) is 6.07 Å². The third kappa shape index (κ3) is 8.90. The van der Waals surface area contributed by atoms with Crippen LogP contribution in [0.4, 0.5) is 17.1 Å². The molecule has 0 amide bonds. The van der Waals surface area contributed by atoms with E-state index in [2.05, 4.69) is 64.9 Å². The first-order chi connectivity index (χ1) is 28.0. The fourth-order valence-electron chi connectivity index (χ4n) is 7.35. The molecule has 0 aliphatic rings. The van der Waals surface area contributed by atoms with E-state index in [9.17, 15) is 19.7 Å². The molecule has 0 spiro atoms. The van der Waals surface area contributed by atoms with Crippen molar-refractivity contribution < 1.29 is 15.9 Å². The van der Waals surface area contributed by atoms with Crippen LogP contribution >= 0.6 is 17.8 Å². The molecule has 0 aliphatic heterocycles. The Kier molecular flexibility index (Phi) is 15.1. The number of hydrogen-bond acceptors (Lipinski definition) is 11. The quantitative estimate of drug-likeness (QED) is 0.0385. The zero-order valence-corrected chi connectivity index (χ0v) is 37.5. The van der Waals surface area contributed by atoms with Crippen LogP contribution in [0.5, 0.6) is 0 Å². The van der Waals surface area contributed by atoms with Gasteiger partial charge in [-0.1, -0.05) is 0 Å². The van der Waals surface area contributed by atoms with Gasteiger partial charge in [0.05, 0.1) is 72.0 Å². The van der Waals surface area contributed by atoms with Crippen LogP contribution in [0.25, 0.3) is 70.9 Å². The van der Waals surface area contributed by atoms with Crippen LogP contribution in [-0.2, 0) is 0 Å². The first-order valence-electron chi connectivity index (χ1n) is 18.4. The summed E-state index contributed by atoms with van der Waals surface area (Å²) < 4.78 is 2.01. The van der Waals surface area contributed by atoms with E-state index < -0.39 is 23.8 Å². The van der Waals surface area contributed by atoms with Gasteiger partial charge >= 0.3 is 36.7 Å². The summed E-state index contributed by atoms with van der Waals surface area (Å²) in [7, 11) is 18.0. The Morgan fingerprint density at radius 2 is 1.28 bits per heavy atom. The van der Waals surface area contributed by atoms with Crippen LogP contribution < -0.4 is 21.5 Å². The molecule has 314 valence electrons. The van der Waals surface area contributed by atoms with Gasteiger partial charge in [0, 0.05) is 41.3 Å². The minimum atomic E-state index is -0.826. The number of fused-ring (bicyclic) bond motifs is 8. The summed E-state index contributed by atoms with van der Waals surface area (Å²) in [4.78, 5) is 49.8. The maximum absolute atomic E-state index is 13.5. The summed E-state index contributed by atoms with van der Waals surface area (Å²) in [6.45, 7) is 3.35. The van der Waals surface area contributed by atoms with E-state index >= 15 is 0 Å². The molecule has 0 aliphatic carbocycles. The molecule has 5 aromatic heterocycles. The van der Waals surface area contributed by atoms with Gasteiger partial charge in [0.15, 0.2) is 10.9 Å². The first kappa shape index (κ1) is 45.7. The second-order valence-corrected chi connectivity index (χ2v) is 18.5. The van der Waals surface area contributed by atoms with E-state index in [0.29, 0.717) is 44.7 Å². The van der Waals surface area contributed by atoms with E-state index in [1.54, 1.807) is 36.9 Å². The molecule has 60 heavy (non-hydrogen) atoms. The SMILES string of the molecule is CN(C)CCCNc1ccc([N+](=O)[O-])c2[nH]c3ccc4[nH]ncc4c3c(=O)c12.CN(C)CCCNc1ccc2ncn3c4ccc5[nH]ncc5c4c(=O)c1c23.O.O.[Cl][Sn][Cl]. The molecule has 9 rings (SSSR count). The third-order valence-electron chi connectivity index (χ3n) is 9.94. The molecule has 0 bridgehead atoms. The van der Waals surface area contributed by atoms with Gasteiger partial charge in [0.2, 0.25) is 0 Å². The van der Waals surface area contributed by atoms with Crippen molar-refractivity contribution in [3.05, 3.63) is 97.8 Å². The number of nitrogens with one attached hydrogen (secondary N) is 5. The fraction of sp³-hybridized carbons (Fsp3) is 0.256. The summed E-state index contributed by atoms with van der Waals surface area (Å²) in [6.07, 6.45) is 6.99. The number of hydrogen-bond donors (Lipinski definition) is 5. The predicted molar refractivity (Wildman–Crippen MR) is 244 cm³/mol. The third-order valence-corrected chi connectivity index (χ3v) is 9.94. The molecule has 0 atom stereocenters. The maximum atomic E-state index is 13.5. The second-order valence-electron chi connectivity index (χ2n) is 14.2. The van der Waals surface area contributed by atoms with Crippen molar-refractivity contribution >= 4 is 125 Å². The molecule has 21 heteroatoms. The summed E-state index contributed by atoms with van der Waals surface area (Å²) in [5.74, 6) is 0. The van der Waals surface area contributed by atoms with Crippen LogP contribution in [-0.4, -0.2) is 134 Å². The number of aromatic amines is 3. The molecule has 18 nitrogen and oxygen atoms in total. The topological polar surface area (TPSA) is 261 Å². The Morgan fingerprint density at radius 1 is 0.750 bits per heavy atom. The molecule has 0 saturated carbocycles. The number of nitro benzene ring substituents is 1. The molecule has 5 heterocycles. The number of aromatic nitrogens is 7. The number of nitro groups is 1. The molecule has 9 aromatic rings. The molecular formula is C39H44Cl2N12O6Sn. The Bertz CT molecular complexity index is 3040. The van der Waals surface area contributed by atoms with E-state index in [4.69, 9.17) is 17.8 Å². The molecular weight excluding hydrogens is 922 g/mol. The minimum absolute atomic E-state index is 0. The van der Waals surface area contributed by atoms with Crippen LogP contribution in [0.15, 0.2) is 76.8 Å². The second kappa shape index (κ2) is 19.8. The Morgan fingerprint density at radius 3 is 1.88 bits per heavy atom. The molecule has 0 unspecified atom stereocenters. The van der Waals surface area contributed by atoms with E-state index in [1.807, 2.05) is 42.8 Å². The summed E-state index contributed by atoms with van der Waals surface area (Å²) >= 11 is -0.826. The number of non-ortho nitro benzene ring substituents is 1. The van der Waals surface area contributed by atoms with Gasteiger partial charge in [-0.3, -0.25) is 34.3 Å². The summed E-state index contributed by atoms with van der Waals surface area (Å²) in [5, 5.41) is 35.8. The van der Waals surface area contributed by atoms with Crippen molar-refractivity contribution in [3.8, 4) is 0 Å². The van der Waals surface area contributed by atoms with Crippen molar-refractivity contribution in [1.82, 2.24) is 44.6 Å². The van der Waals surface area contributed by atoms with Gasteiger partial charge in [0.1, 0.15) is 11.8 Å². The zero-order chi connectivity index (χ0) is 41.1. The van der Waals surface area contributed by atoms with E-state index in [0.717, 1.165) is 71.1 Å². The van der Waals surface area contributed by atoms with Gasteiger partial charge in [-0.05, 0) is 96.6 Å². The summed E-state index contributed by atoms with van der Waals surface area (Å²) in [6, 6.07) is 14.4. The van der Waals surface area contributed by atoms with Gasteiger partial charge in [-0.2, -0.15) is 10.2 Å². The molecule has 0 saturated heterocycles. The van der Waals surface area contributed by atoms with Crippen molar-refractivity contribution in [2.75, 3.05) is 65.0 Å². The number of H-pyrrole nitrogens is 3. The van der Waals surface area contributed by atoms with Crippen molar-refractivity contribution in [2.45, 2.75) is 12.8 Å². The van der Waals surface area contributed by atoms with Gasteiger partial charge < -0.3 is 36.4 Å². The molecule has 2 radical (unpaired) electrons. The normalized spacial score (nSPS) is 11.3. The van der Waals surface area contributed by atoms with E-state index in [-0.39, 0.29) is 33.0 Å². The van der Waals surface area contributed by atoms with Crippen LogP contribution in [0.1, 0.15) is 12.8 Å². The van der Waals surface area contributed by atoms with Crippen LogP contribution in [0, 0.1) is 10.1 Å². The zero-order valence-electron chi connectivity index (χ0n) is 33.1. The Balaban J connectivity index is 0.000000207. The number of nitrogens with zero attached hydrogens (tertiary/aromatic N) is 7. The first-order valence-corrected chi connectivity index (χ1v) is 25.6. The van der Waals surface area contributed by atoms with Gasteiger partial charge in [0.25, 0.3) is 5.69 Å². The average molecular weight is 966 g/mol.